The Bertz CT molecular complexity index is 545. The topological polar surface area (TPSA) is 74.4 Å². The number of hydrogen-bond acceptors (Lipinski definition) is 4. The van der Waals surface area contributed by atoms with E-state index >= 15 is 0 Å². The number of rotatable bonds is 8. The fourth-order valence-corrected chi connectivity index (χ4v) is 3.36. The molecule has 1 unspecified atom stereocenters. The molecule has 1 saturated heterocycles. The van der Waals surface area contributed by atoms with Crippen LogP contribution in [0.1, 0.15) is 54.5 Å². The van der Waals surface area contributed by atoms with Crippen LogP contribution in [0.2, 0.25) is 0 Å². The average Bonchev–Trinajstić information content (AvgIpc) is 3.09. The lowest BCUT2D eigenvalue weighted by Gasteiger charge is -2.38. The molecule has 6 nitrogen and oxygen atoms in total. The molecular weight excluding hydrogens is 306 g/mol. The molecule has 1 aliphatic rings. The van der Waals surface area contributed by atoms with Gasteiger partial charge in [0, 0.05) is 37.4 Å². The van der Waals surface area contributed by atoms with Gasteiger partial charge in [0.1, 0.15) is 5.69 Å². The molecule has 0 spiro atoms. The zero-order valence-corrected chi connectivity index (χ0v) is 14.9. The van der Waals surface area contributed by atoms with Crippen LogP contribution in [0.3, 0.4) is 0 Å². The number of ether oxygens (including phenoxy) is 1. The Morgan fingerprint density at radius 2 is 1.96 bits per heavy atom. The minimum absolute atomic E-state index is 0.0477. The first kappa shape index (κ1) is 18.7. The largest absolute Gasteiger partial charge is 0.379 e. The van der Waals surface area contributed by atoms with Crippen LogP contribution in [0.5, 0.6) is 0 Å². The highest BCUT2D eigenvalue weighted by atomic mass is 16.5. The van der Waals surface area contributed by atoms with E-state index in [1.165, 1.54) is 6.92 Å². The standard InChI is InChI=1S/C18H29N3O3/c1-4-14(5-2)17(21-6-8-24-9-7-21)12-20-18(23)16-10-15(11-19-16)13(3)22/h10-11,14,17,19H,4-9,12H2,1-3H3,(H,20,23). The van der Waals surface area contributed by atoms with E-state index in [-0.39, 0.29) is 11.7 Å². The summed E-state index contributed by atoms with van der Waals surface area (Å²) in [6.45, 7) is 9.83. The van der Waals surface area contributed by atoms with Crippen LogP contribution >= 0.6 is 0 Å². The molecule has 0 aromatic carbocycles. The number of aromatic amines is 1. The van der Waals surface area contributed by atoms with Gasteiger partial charge in [-0.25, -0.2) is 0 Å². The van der Waals surface area contributed by atoms with Crippen molar-refractivity contribution in [3.05, 3.63) is 23.5 Å². The number of H-pyrrole nitrogens is 1. The van der Waals surface area contributed by atoms with Crippen molar-refractivity contribution in [2.24, 2.45) is 5.92 Å². The van der Waals surface area contributed by atoms with Gasteiger partial charge in [-0.2, -0.15) is 0 Å². The molecule has 1 aliphatic heterocycles. The third kappa shape index (κ3) is 4.68. The lowest BCUT2D eigenvalue weighted by Crippen LogP contribution is -2.52. The van der Waals surface area contributed by atoms with Gasteiger partial charge in [0.2, 0.25) is 0 Å². The highest BCUT2D eigenvalue weighted by molar-refractivity contribution is 5.99. The van der Waals surface area contributed by atoms with Crippen LogP contribution in [0, 0.1) is 5.92 Å². The van der Waals surface area contributed by atoms with E-state index in [0.29, 0.717) is 29.8 Å². The van der Waals surface area contributed by atoms with Crippen molar-refractivity contribution in [3.63, 3.8) is 0 Å². The molecule has 1 aromatic rings. The number of nitrogens with one attached hydrogen (secondary N) is 2. The number of carbonyl (C=O) groups is 2. The van der Waals surface area contributed by atoms with Gasteiger partial charge in [0.25, 0.3) is 5.91 Å². The summed E-state index contributed by atoms with van der Waals surface area (Å²) in [4.78, 5) is 29.0. The summed E-state index contributed by atoms with van der Waals surface area (Å²) in [5, 5.41) is 3.03. The van der Waals surface area contributed by atoms with E-state index in [4.69, 9.17) is 4.74 Å². The van der Waals surface area contributed by atoms with Gasteiger partial charge in [0.05, 0.1) is 13.2 Å². The molecule has 2 N–H and O–H groups in total. The maximum Gasteiger partial charge on any atom is 0.267 e. The Balaban J connectivity index is 1.99. The second kappa shape index (κ2) is 8.99. The number of morpholine rings is 1. The molecule has 2 heterocycles. The number of aromatic nitrogens is 1. The molecule has 24 heavy (non-hydrogen) atoms. The predicted molar refractivity (Wildman–Crippen MR) is 93.4 cm³/mol. The SMILES string of the molecule is CCC(CC)C(CNC(=O)c1cc(C(C)=O)c[nH]1)N1CCOCC1. The van der Waals surface area contributed by atoms with Gasteiger partial charge in [-0.1, -0.05) is 26.7 Å². The summed E-state index contributed by atoms with van der Waals surface area (Å²) in [5.41, 5.74) is 0.968. The van der Waals surface area contributed by atoms with Crippen molar-refractivity contribution in [2.75, 3.05) is 32.8 Å². The normalized spacial score (nSPS) is 17.0. The Kier molecular flexibility index (Phi) is 6.99. The van der Waals surface area contributed by atoms with Gasteiger partial charge in [-0.15, -0.1) is 0 Å². The number of hydrogen-bond donors (Lipinski definition) is 2. The first-order valence-electron chi connectivity index (χ1n) is 8.86. The highest BCUT2D eigenvalue weighted by Crippen LogP contribution is 2.19. The monoisotopic (exact) mass is 335 g/mol. The molecule has 134 valence electrons. The minimum atomic E-state index is -0.160. The summed E-state index contributed by atoms with van der Waals surface area (Å²) in [5.74, 6) is 0.333. The fourth-order valence-electron chi connectivity index (χ4n) is 3.36. The van der Waals surface area contributed by atoms with E-state index in [1.807, 2.05) is 0 Å². The fraction of sp³-hybridized carbons (Fsp3) is 0.667. The minimum Gasteiger partial charge on any atom is -0.379 e. The molecule has 1 atom stereocenters. The van der Waals surface area contributed by atoms with Crippen LogP contribution in [0.15, 0.2) is 12.3 Å². The van der Waals surface area contributed by atoms with Crippen molar-refractivity contribution >= 4 is 11.7 Å². The first-order valence-corrected chi connectivity index (χ1v) is 8.86. The van der Waals surface area contributed by atoms with Gasteiger partial charge in [-0.05, 0) is 18.9 Å². The molecule has 0 radical (unpaired) electrons. The maximum absolute atomic E-state index is 12.4. The van der Waals surface area contributed by atoms with Crippen molar-refractivity contribution in [1.29, 1.82) is 0 Å². The molecule has 1 fully saturated rings. The zero-order valence-electron chi connectivity index (χ0n) is 14.9. The second-order valence-corrected chi connectivity index (χ2v) is 6.36. The third-order valence-electron chi connectivity index (χ3n) is 4.91. The summed E-state index contributed by atoms with van der Waals surface area (Å²) in [6, 6.07) is 1.92. The third-order valence-corrected chi connectivity index (χ3v) is 4.91. The van der Waals surface area contributed by atoms with Crippen LogP contribution in [0.25, 0.3) is 0 Å². The van der Waals surface area contributed by atoms with Gasteiger partial charge in [0.15, 0.2) is 5.78 Å². The van der Waals surface area contributed by atoms with E-state index in [2.05, 4.69) is 29.0 Å². The van der Waals surface area contributed by atoms with Crippen molar-refractivity contribution in [2.45, 2.75) is 39.7 Å². The number of amides is 1. The predicted octanol–water partition coefficient (Wildman–Crippen LogP) is 2.08. The van der Waals surface area contributed by atoms with Crippen molar-refractivity contribution in [1.82, 2.24) is 15.2 Å². The summed E-state index contributed by atoms with van der Waals surface area (Å²) in [6.07, 6.45) is 3.76. The lowest BCUT2D eigenvalue weighted by atomic mass is 9.92. The molecule has 0 bridgehead atoms. The Morgan fingerprint density at radius 1 is 1.29 bits per heavy atom. The van der Waals surface area contributed by atoms with Crippen molar-refractivity contribution in [3.8, 4) is 0 Å². The van der Waals surface area contributed by atoms with Crippen LogP contribution in [-0.4, -0.2) is 60.5 Å². The van der Waals surface area contributed by atoms with Gasteiger partial charge in [-0.3, -0.25) is 14.5 Å². The average molecular weight is 335 g/mol. The quantitative estimate of drug-likeness (QED) is 0.713. The number of ketones is 1. The molecular formula is C18H29N3O3. The van der Waals surface area contributed by atoms with E-state index in [9.17, 15) is 9.59 Å². The molecule has 0 aliphatic carbocycles. The summed E-state index contributed by atoms with van der Waals surface area (Å²) < 4.78 is 5.45. The summed E-state index contributed by atoms with van der Waals surface area (Å²) in [7, 11) is 0. The Hall–Kier alpha value is -1.66. The van der Waals surface area contributed by atoms with Gasteiger partial charge >= 0.3 is 0 Å². The number of carbonyl (C=O) groups excluding carboxylic acids is 2. The lowest BCUT2D eigenvalue weighted by molar-refractivity contribution is 0.00190. The molecule has 1 aromatic heterocycles. The molecule has 2 rings (SSSR count). The Morgan fingerprint density at radius 3 is 2.50 bits per heavy atom. The van der Waals surface area contributed by atoms with E-state index in [0.717, 1.165) is 39.1 Å². The molecule has 1 amide bonds. The summed E-state index contributed by atoms with van der Waals surface area (Å²) >= 11 is 0. The Labute approximate surface area is 143 Å². The molecule has 0 saturated carbocycles. The maximum atomic E-state index is 12.4. The van der Waals surface area contributed by atoms with E-state index in [1.54, 1.807) is 12.3 Å². The number of Topliss-reactive ketones (excluding diaryl/α,β-unsaturated/α-hetero) is 1. The first-order chi connectivity index (χ1) is 11.6. The second-order valence-electron chi connectivity index (χ2n) is 6.36. The zero-order chi connectivity index (χ0) is 17.5. The molecule has 6 heteroatoms. The number of nitrogens with zero attached hydrogens (tertiary/aromatic N) is 1. The highest BCUT2D eigenvalue weighted by Gasteiger charge is 2.27. The van der Waals surface area contributed by atoms with Gasteiger partial charge < -0.3 is 15.0 Å². The van der Waals surface area contributed by atoms with Crippen molar-refractivity contribution < 1.29 is 14.3 Å². The van der Waals surface area contributed by atoms with Crippen LogP contribution in [0.4, 0.5) is 0 Å². The van der Waals surface area contributed by atoms with E-state index < -0.39 is 0 Å². The smallest absolute Gasteiger partial charge is 0.267 e. The van der Waals surface area contributed by atoms with Crippen LogP contribution in [-0.2, 0) is 4.74 Å². The van der Waals surface area contributed by atoms with Crippen LogP contribution < -0.4 is 5.32 Å².